The van der Waals surface area contributed by atoms with Crippen molar-refractivity contribution < 1.29 is 4.39 Å². The summed E-state index contributed by atoms with van der Waals surface area (Å²) in [6, 6.07) is 7.02. The maximum atomic E-state index is 13.3. The van der Waals surface area contributed by atoms with Gasteiger partial charge >= 0.3 is 0 Å². The van der Waals surface area contributed by atoms with E-state index in [4.69, 9.17) is 5.26 Å². The molecular formula is C16H22FN3. The summed E-state index contributed by atoms with van der Waals surface area (Å²) >= 11 is 0. The van der Waals surface area contributed by atoms with Crippen molar-refractivity contribution in [2.45, 2.75) is 38.6 Å². The van der Waals surface area contributed by atoms with Crippen LogP contribution in [-0.2, 0) is 0 Å². The molecule has 4 heteroatoms. The van der Waals surface area contributed by atoms with Crippen LogP contribution in [0.1, 0.15) is 38.2 Å². The van der Waals surface area contributed by atoms with Gasteiger partial charge in [-0.05, 0) is 50.9 Å². The average Bonchev–Trinajstić information content (AvgIpc) is 2.44. The van der Waals surface area contributed by atoms with Gasteiger partial charge in [-0.15, -0.1) is 0 Å². The first-order valence-electron chi connectivity index (χ1n) is 7.37. The third kappa shape index (κ3) is 4.21. The highest BCUT2D eigenvalue weighted by atomic mass is 19.1. The van der Waals surface area contributed by atoms with E-state index in [1.165, 1.54) is 37.9 Å². The molecule has 0 aromatic heterocycles. The van der Waals surface area contributed by atoms with Gasteiger partial charge in [0.25, 0.3) is 0 Å². The molecule has 0 saturated carbocycles. The quantitative estimate of drug-likeness (QED) is 0.837. The smallest absolute Gasteiger partial charge is 0.126 e. The number of nitrogens with zero attached hydrogens (tertiary/aromatic N) is 2. The molecule has 20 heavy (non-hydrogen) atoms. The van der Waals surface area contributed by atoms with Crippen LogP contribution in [-0.4, -0.2) is 30.6 Å². The lowest BCUT2D eigenvalue weighted by atomic mass is 10.0. The third-order valence-corrected chi connectivity index (χ3v) is 3.92. The fraction of sp³-hybridized carbons (Fsp3) is 0.562. The van der Waals surface area contributed by atoms with Gasteiger partial charge in [-0.25, -0.2) is 4.39 Å². The summed E-state index contributed by atoms with van der Waals surface area (Å²) in [6.45, 7) is 5.37. The minimum atomic E-state index is -0.365. The van der Waals surface area contributed by atoms with Crippen molar-refractivity contribution in [2.24, 2.45) is 0 Å². The molecule has 1 aliphatic rings. The van der Waals surface area contributed by atoms with Crippen LogP contribution in [0.3, 0.4) is 0 Å². The van der Waals surface area contributed by atoms with Crippen molar-refractivity contribution in [1.29, 1.82) is 5.26 Å². The van der Waals surface area contributed by atoms with Crippen LogP contribution in [0.5, 0.6) is 0 Å². The molecular weight excluding hydrogens is 253 g/mol. The molecule has 1 aromatic carbocycles. The zero-order valence-corrected chi connectivity index (χ0v) is 12.0. The summed E-state index contributed by atoms with van der Waals surface area (Å²) in [4.78, 5) is 2.53. The van der Waals surface area contributed by atoms with Crippen LogP contribution in [0.4, 0.5) is 10.1 Å². The largest absolute Gasteiger partial charge is 0.385 e. The number of rotatable bonds is 5. The van der Waals surface area contributed by atoms with Crippen molar-refractivity contribution >= 4 is 5.69 Å². The number of nitrogens with one attached hydrogen (secondary N) is 1. The predicted octanol–water partition coefficient (Wildman–Crippen LogP) is 3.37. The molecule has 1 fully saturated rings. The van der Waals surface area contributed by atoms with E-state index in [0.29, 0.717) is 17.3 Å². The second-order valence-electron chi connectivity index (χ2n) is 5.50. The normalized spacial score (nSPS) is 19.6. The van der Waals surface area contributed by atoms with E-state index in [2.05, 4.69) is 17.1 Å². The Balaban J connectivity index is 1.76. The van der Waals surface area contributed by atoms with Crippen LogP contribution in [0.2, 0.25) is 0 Å². The summed E-state index contributed by atoms with van der Waals surface area (Å²) in [5, 5.41) is 12.0. The molecule has 3 nitrogen and oxygen atoms in total. The molecule has 0 amide bonds. The Morgan fingerprint density at radius 2 is 2.25 bits per heavy atom. The van der Waals surface area contributed by atoms with Gasteiger partial charge in [0.2, 0.25) is 0 Å². The fourth-order valence-electron chi connectivity index (χ4n) is 2.76. The Labute approximate surface area is 120 Å². The monoisotopic (exact) mass is 275 g/mol. The minimum Gasteiger partial charge on any atom is -0.385 e. The van der Waals surface area contributed by atoms with Crippen LogP contribution in [0, 0.1) is 17.1 Å². The zero-order valence-electron chi connectivity index (χ0n) is 12.0. The number of likely N-dealkylation sites (tertiary alicyclic amines) is 1. The Morgan fingerprint density at radius 3 is 3.00 bits per heavy atom. The summed E-state index contributed by atoms with van der Waals surface area (Å²) in [7, 11) is 0. The Hall–Kier alpha value is -1.60. The molecule has 1 atom stereocenters. The first-order valence-corrected chi connectivity index (χ1v) is 7.37. The lowest BCUT2D eigenvalue weighted by Gasteiger charge is -2.33. The van der Waals surface area contributed by atoms with Crippen molar-refractivity contribution in [2.75, 3.05) is 25.0 Å². The number of halogens is 1. The molecule has 1 unspecified atom stereocenters. The zero-order chi connectivity index (χ0) is 14.4. The van der Waals surface area contributed by atoms with E-state index in [0.717, 1.165) is 19.5 Å². The van der Waals surface area contributed by atoms with Crippen molar-refractivity contribution in [3.63, 3.8) is 0 Å². The highest BCUT2D eigenvalue weighted by molar-refractivity contribution is 5.49. The second kappa shape index (κ2) is 7.25. The number of anilines is 1. The highest BCUT2D eigenvalue weighted by Crippen LogP contribution is 2.17. The number of piperidine rings is 1. The summed E-state index contributed by atoms with van der Waals surface area (Å²) in [5.41, 5.74) is 1.05. The van der Waals surface area contributed by atoms with Crippen molar-refractivity contribution in [3.8, 4) is 6.07 Å². The molecule has 0 bridgehead atoms. The van der Waals surface area contributed by atoms with E-state index in [-0.39, 0.29) is 5.82 Å². The Morgan fingerprint density at radius 1 is 1.40 bits per heavy atom. The molecule has 108 valence electrons. The fourth-order valence-corrected chi connectivity index (χ4v) is 2.76. The predicted molar refractivity (Wildman–Crippen MR) is 79.1 cm³/mol. The van der Waals surface area contributed by atoms with Crippen LogP contribution >= 0.6 is 0 Å². The number of hydrogen-bond donors (Lipinski definition) is 1. The number of nitriles is 1. The van der Waals surface area contributed by atoms with Crippen molar-refractivity contribution in [1.82, 2.24) is 4.90 Å². The Bertz CT molecular complexity index is 481. The van der Waals surface area contributed by atoms with E-state index in [9.17, 15) is 4.39 Å². The number of hydrogen-bond acceptors (Lipinski definition) is 3. The van der Waals surface area contributed by atoms with Gasteiger partial charge < -0.3 is 10.2 Å². The SMILES string of the molecule is CC1CCCCN1CCCNc1cc(F)cc(C#N)c1. The van der Waals surface area contributed by atoms with Crippen LogP contribution in [0.25, 0.3) is 0 Å². The van der Waals surface area contributed by atoms with Gasteiger partial charge in [0.1, 0.15) is 5.82 Å². The molecule has 1 saturated heterocycles. The maximum Gasteiger partial charge on any atom is 0.126 e. The molecule has 1 aliphatic heterocycles. The van der Waals surface area contributed by atoms with E-state index >= 15 is 0 Å². The maximum absolute atomic E-state index is 13.3. The molecule has 1 aromatic rings. The molecule has 0 radical (unpaired) electrons. The van der Waals surface area contributed by atoms with E-state index in [1.54, 1.807) is 6.07 Å². The molecule has 1 heterocycles. The third-order valence-electron chi connectivity index (χ3n) is 3.92. The lowest BCUT2D eigenvalue weighted by Crippen LogP contribution is -2.38. The summed E-state index contributed by atoms with van der Waals surface area (Å²) in [5.74, 6) is -0.365. The lowest BCUT2D eigenvalue weighted by molar-refractivity contribution is 0.160. The van der Waals surface area contributed by atoms with Gasteiger partial charge in [-0.3, -0.25) is 0 Å². The average molecular weight is 275 g/mol. The van der Waals surface area contributed by atoms with Crippen LogP contribution < -0.4 is 5.32 Å². The minimum absolute atomic E-state index is 0.358. The molecule has 2 rings (SSSR count). The highest BCUT2D eigenvalue weighted by Gasteiger charge is 2.16. The molecule has 1 N–H and O–H groups in total. The molecule has 0 spiro atoms. The van der Waals surface area contributed by atoms with E-state index in [1.807, 2.05) is 6.07 Å². The summed E-state index contributed by atoms with van der Waals surface area (Å²) < 4.78 is 13.3. The topological polar surface area (TPSA) is 39.1 Å². The van der Waals surface area contributed by atoms with Gasteiger partial charge in [0.05, 0.1) is 11.6 Å². The first-order chi connectivity index (χ1) is 9.69. The van der Waals surface area contributed by atoms with Crippen molar-refractivity contribution in [3.05, 3.63) is 29.6 Å². The number of benzene rings is 1. The summed E-state index contributed by atoms with van der Waals surface area (Å²) in [6.07, 6.45) is 4.97. The van der Waals surface area contributed by atoms with Gasteiger partial charge in [0, 0.05) is 24.8 Å². The van der Waals surface area contributed by atoms with Crippen LogP contribution in [0.15, 0.2) is 18.2 Å². The molecule has 0 aliphatic carbocycles. The van der Waals surface area contributed by atoms with Gasteiger partial charge in [-0.2, -0.15) is 5.26 Å². The van der Waals surface area contributed by atoms with E-state index < -0.39 is 0 Å². The standard InChI is InChI=1S/C16H22FN3/c1-13-5-2-3-7-20(13)8-4-6-19-16-10-14(12-18)9-15(17)11-16/h9-11,13,19H,2-8H2,1H3. The van der Waals surface area contributed by atoms with Gasteiger partial charge in [-0.1, -0.05) is 6.42 Å². The second-order valence-corrected chi connectivity index (χ2v) is 5.50. The Kier molecular flexibility index (Phi) is 5.37. The first kappa shape index (κ1) is 14.8. The van der Waals surface area contributed by atoms with Gasteiger partial charge in [0.15, 0.2) is 0 Å².